The van der Waals surface area contributed by atoms with Crippen LogP contribution >= 0.6 is 0 Å². The van der Waals surface area contributed by atoms with Crippen LogP contribution in [-0.2, 0) is 4.74 Å². The monoisotopic (exact) mass is 318 g/mol. The molecular formula is C16H19FN4O2. The second kappa shape index (κ2) is 6.87. The van der Waals surface area contributed by atoms with Crippen LogP contribution in [-0.4, -0.2) is 34.3 Å². The first-order valence-corrected chi connectivity index (χ1v) is 7.67. The molecule has 3 rings (SSSR count). The van der Waals surface area contributed by atoms with Gasteiger partial charge in [0.05, 0.1) is 29.7 Å². The van der Waals surface area contributed by atoms with Crippen LogP contribution in [0.1, 0.15) is 53.3 Å². The van der Waals surface area contributed by atoms with Gasteiger partial charge in [-0.15, -0.1) is 0 Å². The van der Waals surface area contributed by atoms with Gasteiger partial charge < -0.3 is 10.1 Å². The number of nitrogens with one attached hydrogen (secondary N) is 2. The van der Waals surface area contributed by atoms with Gasteiger partial charge in [0.25, 0.3) is 5.91 Å². The molecule has 23 heavy (non-hydrogen) atoms. The Morgan fingerprint density at radius 1 is 1.39 bits per heavy atom. The minimum Gasteiger partial charge on any atom is -0.381 e. The Bertz CT molecular complexity index is 682. The van der Waals surface area contributed by atoms with E-state index in [0.717, 1.165) is 24.7 Å². The standard InChI is InChI=1S/C16H19FN4O2/c1-10(12-6-13(17)8-18-7-12)20-16(22)14-9-19-21-15(14)11-2-4-23-5-3-11/h6-11H,2-5H2,1H3,(H,19,21)(H,20,22)/t10-/m0/s1. The molecule has 0 unspecified atom stereocenters. The molecule has 0 aromatic carbocycles. The van der Waals surface area contributed by atoms with Gasteiger partial charge >= 0.3 is 0 Å². The topological polar surface area (TPSA) is 79.9 Å². The van der Waals surface area contributed by atoms with Crippen LogP contribution in [0.15, 0.2) is 24.7 Å². The van der Waals surface area contributed by atoms with Gasteiger partial charge in [-0.2, -0.15) is 5.10 Å². The number of carbonyl (C=O) groups is 1. The maximum atomic E-state index is 13.2. The minimum atomic E-state index is -0.421. The molecule has 1 atom stereocenters. The van der Waals surface area contributed by atoms with Crippen molar-refractivity contribution < 1.29 is 13.9 Å². The quantitative estimate of drug-likeness (QED) is 0.907. The summed E-state index contributed by atoms with van der Waals surface area (Å²) in [6.07, 6.45) is 5.95. The first kappa shape index (κ1) is 15.6. The average Bonchev–Trinajstić information content (AvgIpc) is 3.05. The van der Waals surface area contributed by atoms with E-state index in [9.17, 15) is 9.18 Å². The molecule has 0 radical (unpaired) electrons. The number of hydrogen-bond donors (Lipinski definition) is 2. The molecule has 1 saturated heterocycles. The first-order chi connectivity index (χ1) is 11.1. The third kappa shape index (κ3) is 3.56. The summed E-state index contributed by atoms with van der Waals surface area (Å²) >= 11 is 0. The lowest BCUT2D eigenvalue weighted by atomic mass is 9.93. The van der Waals surface area contributed by atoms with Crippen LogP contribution in [0.4, 0.5) is 4.39 Å². The van der Waals surface area contributed by atoms with Crippen molar-refractivity contribution in [3.8, 4) is 0 Å². The summed E-state index contributed by atoms with van der Waals surface area (Å²) < 4.78 is 18.6. The molecule has 0 saturated carbocycles. The smallest absolute Gasteiger partial charge is 0.255 e. The first-order valence-electron chi connectivity index (χ1n) is 7.67. The van der Waals surface area contributed by atoms with Crippen molar-refractivity contribution in [3.63, 3.8) is 0 Å². The predicted molar refractivity (Wildman–Crippen MR) is 81.5 cm³/mol. The molecule has 1 fully saturated rings. The second-order valence-corrected chi connectivity index (χ2v) is 5.72. The minimum absolute atomic E-state index is 0.225. The Kier molecular flexibility index (Phi) is 4.66. The van der Waals surface area contributed by atoms with E-state index in [0.29, 0.717) is 24.3 Å². The Morgan fingerprint density at radius 2 is 2.17 bits per heavy atom. The number of amides is 1. The highest BCUT2D eigenvalue weighted by molar-refractivity contribution is 5.95. The number of rotatable bonds is 4. The number of halogens is 1. The van der Waals surface area contributed by atoms with Crippen molar-refractivity contribution in [2.24, 2.45) is 0 Å². The predicted octanol–water partition coefficient (Wildman–Crippen LogP) is 2.33. The SMILES string of the molecule is C[C@H](NC(=O)c1cn[nH]c1C1CCOCC1)c1cncc(F)c1. The van der Waals surface area contributed by atoms with Crippen molar-refractivity contribution in [1.82, 2.24) is 20.5 Å². The molecule has 2 aromatic heterocycles. The lowest BCUT2D eigenvalue weighted by molar-refractivity contribution is 0.0832. The molecule has 7 heteroatoms. The zero-order valence-electron chi connectivity index (χ0n) is 12.9. The van der Waals surface area contributed by atoms with Crippen molar-refractivity contribution in [1.29, 1.82) is 0 Å². The molecule has 1 aliphatic rings. The van der Waals surface area contributed by atoms with Gasteiger partial charge in [-0.05, 0) is 31.4 Å². The lowest BCUT2D eigenvalue weighted by Gasteiger charge is -2.22. The van der Waals surface area contributed by atoms with E-state index in [2.05, 4.69) is 20.5 Å². The molecule has 0 bridgehead atoms. The summed E-state index contributed by atoms with van der Waals surface area (Å²) in [6.45, 7) is 3.18. The van der Waals surface area contributed by atoms with E-state index < -0.39 is 5.82 Å². The number of nitrogens with zero attached hydrogens (tertiary/aromatic N) is 2. The van der Waals surface area contributed by atoms with Crippen LogP contribution in [0.25, 0.3) is 0 Å². The van der Waals surface area contributed by atoms with E-state index in [4.69, 9.17) is 4.74 Å². The van der Waals surface area contributed by atoms with Crippen molar-refractivity contribution in [2.45, 2.75) is 31.7 Å². The van der Waals surface area contributed by atoms with Gasteiger partial charge in [-0.25, -0.2) is 4.39 Å². The van der Waals surface area contributed by atoms with Gasteiger partial charge in [-0.3, -0.25) is 14.9 Å². The number of H-pyrrole nitrogens is 1. The maximum Gasteiger partial charge on any atom is 0.255 e. The Balaban J connectivity index is 1.72. The molecule has 1 aliphatic heterocycles. The number of carbonyl (C=O) groups excluding carboxylic acids is 1. The van der Waals surface area contributed by atoms with Gasteiger partial charge in [-0.1, -0.05) is 0 Å². The van der Waals surface area contributed by atoms with Gasteiger partial charge in [0, 0.05) is 25.3 Å². The number of aromatic nitrogens is 3. The molecule has 1 amide bonds. The summed E-state index contributed by atoms with van der Waals surface area (Å²) in [5.41, 5.74) is 2.00. The van der Waals surface area contributed by atoms with E-state index in [1.54, 1.807) is 13.1 Å². The van der Waals surface area contributed by atoms with Crippen LogP contribution in [0.5, 0.6) is 0 Å². The Labute approximate surface area is 133 Å². The molecule has 6 nitrogen and oxygen atoms in total. The number of aromatic amines is 1. The fourth-order valence-corrected chi connectivity index (χ4v) is 2.80. The fraction of sp³-hybridized carbons (Fsp3) is 0.438. The molecule has 0 aliphatic carbocycles. The molecule has 2 aromatic rings. The molecule has 2 N–H and O–H groups in total. The fourth-order valence-electron chi connectivity index (χ4n) is 2.80. The third-order valence-corrected chi connectivity index (χ3v) is 4.12. The van der Waals surface area contributed by atoms with E-state index in [1.165, 1.54) is 12.3 Å². The summed E-state index contributed by atoms with van der Waals surface area (Å²) in [6, 6.07) is 1.02. The maximum absolute atomic E-state index is 13.2. The van der Waals surface area contributed by atoms with E-state index in [1.807, 2.05) is 0 Å². The average molecular weight is 318 g/mol. The van der Waals surface area contributed by atoms with E-state index >= 15 is 0 Å². The van der Waals surface area contributed by atoms with Gasteiger partial charge in [0.1, 0.15) is 5.82 Å². The number of ether oxygens (including phenoxy) is 1. The van der Waals surface area contributed by atoms with Crippen LogP contribution < -0.4 is 5.32 Å². The second-order valence-electron chi connectivity index (χ2n) is 5.72. The summed E-state index contributed by atoms with van der Waals surface area (Å²) in [7, 11) is 0. The lowest BCUT2D eigenvalue weighted by Crippen LogP contribution is -2.28. The number of hydrogen-bond acceptors (Lipinski definition) is 4. The van der Waals surface area contributed by atoms with Crippen LogP contribution in [0, 0.1) is 5.82 Å². The van der Waals surface area contributed by atoms with Gasteiger partial charge in [0.15, 0.2) is 0 Å². The van der Waals surface area contributed by atoms with Crippen molar-refractivity contribution in [3.05, 3.63) is 47.3 Å². The van der Waals surface area contributed by atoms with Crippen LogP contribution in [0.3, 0.4) is 0 Å². The van der Waals surface area contributed by atoms with E-state index in [-0.39, 0.29) is 17.9 Å². The van der Waals surface area contributed by atoms with Gasteiger partial charge in [0.2, 0.25) is 0 Å². The largest absolute Gasteiger partial charge is 0.381 e. The summed E-state index contributed by atoms with van der Waals surface area (Å²) in [5, 5.41) is 9.82. The van der Waals surface area contributed by atoms with Crippen molar-refractivity contribution in [2.75, 3.05) is 13.2 Å². The van der Waals surface area contributed by atoms with Crippen molar-refractivity contribution >= 4 is 5.91 Å². The Hall–Kier alpha value is -2.28. The highest BCUT2D eigenvalue weighted by Crippen LogP contribution is 2.28. The zero-order valence-corrected chi connectivity index (χ0v) is 12.9. The third-order valence-electron chi connectivity index (χ3n) is 4.12. The normalized spacial score (nSPS) is 17.0. The highest BCUT2D eigenvalue weighted by Gasteiger charge is 2.24. The number of pyridine rings is 1. The highest BCUT2D eigenvalue weighted by atomic mass is 19.1. The zero-order chi connectivity index (χ0) is 16.2. The molecule has 3 heterocycles. The molecular weight excluding hydrogens is 299 g/mol. The summed E-state index contributed by atoms with van der Waals surface area (Å²) in [4.78, 5) is 16.3. The molecule has 122 valence electrons. The summed E-state index contributed by atoms with van der Waals surface area (Å²) in [5.74, 6) is -0.398. The van der Waals surface area contributed by atoms with Crippen LogP contribution in [0.2, 0.25) is 0 Å². The Morgan fingerprint density at radius 3 is 2.91 bits per heavy atom. The molecule has 0 spiro atoms.